The number of carbonyl (C=O) groups is 1. The zero-order valence-corrected chi connectivity index (χ0v) is 8.50. The van der Waals surface area contributed by atoms with Crippen LogP contribution >= 0.6 is 0 Å². The summed E-state index contributed by atoms with van der Waals surface area (Å²) in [6.45, 7) is 4.30. The first-order chi connectivity index (χ1) is 6.50. The topological polar surface area (TPSA) is 56.0 Å². The molecule has 2 N–H and O–H groups in total. The van der Waals surface area contributed by atoms with Crippen LogP contribution in [0.3, 0.4) is 0 Å². The van der Waals surface area contributed by atoms with Gasteiger partial charge in [-0.3, -0.25) is 4.79 Å². The van der Waals surface area contributed by atoms with Gasteiger partial charge in [0.15, 0.2) is 0 Å². The molecule has 1 aromatic rings. The van der Waals surface area contributed by atoms with Gasteiger partial charge in [0.1, 0.15) is 5.69 Å². The molecule has 74 valence electrons. The van der Waals surface area contributed by atoms with E-state index in [4.69, 9.17) is 5.73 Å². The van der Waals surface area contributed by atoms with Crippen molar-refractivity contribution in [2.24, 2.45) is 5.73 Å². The number of pyridine rings is 1. The highest BCUT2D eigenvalue weighted by atomic mass is 16.1. The van der Waals surface area contributed by atoms with E-state index in [2.05, 4.69) is 18.8 Å². The Morgan fingerprint density at radius 1 is 1.50 bits per heavy atom. The zero-order chi connectivity index (χ0) is 10.3. The molecule has 0 bridgehead atoms. The molecule has 2 rings (SSSR count). The number of hydrogen-bond acceptors (Lipinski definition) is 2. The van der Waals surface area contributed by atoms with Crippen LogP contribution < -0.4 is 5.73 Å². The third kappa shape index (κ3) is 1.29. The van der Waals surface area contributed by atoms with Gasteiger partial charge in [-0.1, -0.05) is 19.9 Å². The normalized spacial score (nSPS) is 17.9. The Hall–Kier alpha value is -1.38. The van der Waals surface area contributed by atoms with Gasteiger partial charge in [-0.05, 0) is 24.5 Å². The predicted octanol–water partition coefficient (Wildman–Crippen LogP) is 1.40. The number of aryl methyl sites for hydroxylation is 1. The summed E-state index contributed by atoms with van der Waals surface area (Å²) in [5.41, 5.74) is 7.94. The average Bonchev–Trinajstić information content (AvgIpc) is 2.42. The molecule has 0 unspecified atom stereocenters. The minimum Gasteiger partial charge on any atom is -0.364 e. The van der Waals surface area contributed by atoms with Crippen LogP contribution in [0.1, 0.15) is 42.0 Å². The molecule has 14 heavy (non-hydrogen) atoms. The summed E-state index contributed by atoms with van der Waals surface area (Å²) < 4.78 is 0. The second-order valence-electron chi connectivity index (χ2n) is 4.45. The van der Waals surface area contributed by atoms with Crippen LogP contribution in [0.25, 0.3) is 0 Å². The molecule has 1 amide bonds. The predicted molar refractivity (Wildman–Crippen MR) is 54.1 cm³/mol. The molecule has 1 heterocycles. The lowest BCUT2D eigenvalue weighted by Crippen LogP contribution is -2.18. The van der Waals surface area contributed by atoms with E-state index in [-0.39, 0.29) is 5.41 Å². The summed E-state index contributed by atoms with van der Waals surface area (Å²) in [5.74, 6) is -0.449. The van der Waals surface area contributed by atoms with Gasteiger partial charge in [0, 0.05) is 5.41 Å². The third-order valence-electron chi connectivity index (χ3n) is 2.89. The Kier molecular flexibility index (Phi) is 1.84. The van der Waals surface area contributed by atoms with Gasteiger partial charge in [-0.2, -0.15) is 0 Å². The molecule has 3 nitrogen and oxygen atoms in total. The molecular formula is C11H14N2O. The fourth-order valence-corrected chi connectivity index (χ4v) is 1.98. The number of nitrogens with two attached hydrogens (primary N) is 1. The van der Waals surface area contributed by atoms with Gasteiger partial charge in [-0.15, -0.1) is 0 Å². The molecule has 0 atom stereocenters. The first-order valence-electron chi connectivity index (χ1n) is 4.81. The molecule has 0 saturated heterocycles. The third-order valence-corrected chi connectivity index (χ3v) is 2.89. The number of rotatable bonds is 1. The fourth-order valence-electron chi connectivity index (χ4n) is 1.98. The maximum atomic E-state index is 11.0. The maximum Gasteiger partial charge on any atom is 0.267 e. The number of primary amides is 1. The van der Waals surface area contributed by atoms with Crippen molar-refractivity contribution in [3.8, 4) is 0 Å². The average molecular weight is 190 g/mol. The molecule has 0 spiro atoms. The Labute approximate surface area is 83.3 Å². The van der Waals surface area contributed by atoms with Crippen LogP contribution in [-0.2, 0) is 11.8 Å². The number of nitrogens with zero attached hydrogens (tertiary/aromatic N) is 1. The van der Waals surface area contributed by atoms with E-state index in [0.29, 0.717) is 5.69 Å². The molecule has 1 aliphatic rings. The molecule has 0 saturated carbocycles. The summed E-state index contributed by atoms with van der Waals surface area (Å²) in [6, 6.07) is 3.68. The molecule has 3 heteroatoms. The van der Waals surface area contributed by atoms with Crippen LogP contribution in [0.4, 0.5) is 0 Å². The highest BCUT2D eigenvalue weighted by Crippen LogP contribution is 2.36. The number of aromatic nitrogens is 1. The summed E-state index contributed by atoms with van der Waals surface area (Å²) in [7, 11) is 0. The fraction of sp³-hybridized carbons (Fsp3) is 0.455. The molecular weight excluding hydrogens is 176 g/mol. The quantitative estimate of drug-likeness (QED) is 0.727. The van der Waals surface area contributed by atoms with Crippen molar-refractivity contribution in [2.45, 2.75) is 32.1 Å². The van der Waals surface area contributed by atoms with Crippen molar-refractivity contribution in [3.63, 3.8) is 0 Å². The van der Waals surface area contributed by atoms with Gasteiger partial charge in [0.05, 0.1) is 5.69 Å². The van der Waals surface area contributed by atoms with E-state index < -0.39 is 5.91 Å². The number of amides is 1. The van der Waals surface area contributed by atoms with E-state index in [0.717, 1.165) is 18.5 Å². The van der Waals surface area contributed by atoms with Crippen LogP contribution in [-0.4, -0.2) is 10.9 Å². The van der Waals surface area contributed by atoms with E-state index in [1.807, 2.05) is 6.07 Å². The molecule has 1 aromatic heterocycles. The molecule has 1 aliphatic carbocycles. The first-order valence-corrected chi connectivity index (χ1v) is 4.81. The Balaban J connectivity index is 2.53. The van der Waals surface area contributed by atoms with Crippen molar-refractivity contribution in [1.29, 1.82) is 0 Å². The number of hydrogen-bond donors (Lipinski definition) is 1. The van der Waals surface area contributed by atoms with E-state index in [9.17, 15) is 4.79 Å². The lowest BCUT2D eigenvalue weighted by Gasteiger charge is -2.17. The molecule has 0 fully saturated rings. The zero-order valence-electron chi connectivity index (χ0n) is 8.50. The summed E-state index contributed by atoms with van der Waals surface area (Å²) >= 11 is 0. The Morgan fingerprint density at radius 2 is 2.21 bits per heavy atom. The minimum atomic E-state index is -0.449. The number of fused-ring (bicyclic) bond motifs is 1. The highest BCUT2D eigenvalue weighted by Gasteiger charge is 2.31. The second kappa shape index (κ2) is 2.80. The van der Waals surface area contributed by atoms with Crippen LogP contribution in [0.2, 0.25) is 0 Å². The van der Waals surface area contributed by atoms with E-state index in [1.165, 1.54) is 5.56 Å². The SMILES string of the molecule is CC1(C)CCc2ccc(C(N)=O)nc21. The minimum absolute atomic E-state index is 0.0841. The standard InChI is InChI=1S/C11H14N2O/c1-11(2)6-5-7-3-4-8(10(12)14)13-9(7)11/h3-4H,5-6H2,1-2H3,(H2,12,14). The van der Waals surface area contributed by atoms with Gasteiger partial charge in [-0.25, -0.2) is 4.98 Å². The monoisotopic (exact) mass is 190 g/mol. The van der Waals surface area contributed by atoms with Crippen molar-refractivity contribution in [1.82, 2.24) is 4.98 Å². The Morgan fingerprint density at radius 3 is 2.86 bits per heavy atom. The maximum absolute atomic E-state index is 11.0. The van der Waals surface area contributed by atoms with E-state index >= 15 is 0 Å². The largest absolute Gasteiger partial charge is 0.364 e. The molecule has 0 radical (unpaired) electrons. The van der Waals surface area contributed by atoms with Gasteiger partial charge in [0.2, 0.25) is 0 Å². The Bertz CT molecular complexity index is 396. The number of carbonyl (C=O) groups excluding carboxylic acids is 1. The smallest absolute Gasteiger partial charge is 0.267 e. The summed E-state index contributed by atoms with van der Waals surface area (Å²) in [6.07, 6.45) is 2.14. The van der Waals surface area contributed by atoms with Gasteiger partial charge >= 0.3 is 0 Å². The lowest BCUT2D eigenvalue weighted by molar-refractivity contribution is 0.0995. The second-order valence-corrected chi connectivity index (χ2v) is 4.45. The van der Waals surface area contributed by atoms with Gasteiger partial charge < -0.3 is 5.73 Å². The summed E-state index contributed by atoms with van der Waals surface area (Å²) in [5, 5.41) is 0. The van der Waals surface area contributed by atoms with Crippen molar-refractivity contribution in [3.05, 3.63) is 29.1 Å². The van der Waals surface area contributed by atoms with E-state index in [1.54, 1.807) is 6.07 Å². The summed E-state index contributed by atoms with van der Waals surface area (Å²) in [4.78, 5) is 15.3. The molecule has 0 aliphatic heterocycles. The van der Waals surface area contributed by atoms with Crippen LogP contribution in [0.5, 0.6) is 0 Å². The molecule has 0 aromatic carbocycles. The first kappa shape index (κ1) is 9.19. The van der Waals surface area contributed by atoms with Crippen molar-refractivity contribution in [2.75, 3.05) is 0 Å². The van der Waals surface area contributed by atoms with Crippen LogP contribution in [0, 0.1) is 0 Å². The van der Waals surface area contributed by atoms with Crippen molar-refractivity contribution < 1.29 is 4.79 Å². The van der Waals surface area contributed by atoms with Crippen molar-refractivity contribution >= 4 is 5.91 Å². The lowest BCUT2D eigenvalue weighted by atomic mass is 9.90. The van der Waals surface area contributed by atoms with Crippen LogP contribution in [0.15, 0.2) is 12.1 Å². The van der Waals surface area contributed by atoms with Gasteiger partial charge in [0.25, 0.3) is 5.91 Å². The highest BCUT2D eigenvalue weighted by molar-refractivity contribution is 5.90.